The van der Waals surface area contributed by atoms with Gasteiger partial charge >= 0.3 is 0 Å². The third-order valence-corrected chi connectivity index (χ3v) is 3.77. The molecule has 1 aliphatic rings. The van der Waals surface area contributed by atoms with Crippen LogP contribution < -0.4 is 5.73 Å². The lowest BCUT2D eigenvalue weighted by Crippen LogP contribution is -2.32. The summed E-state index contributed by atoms with van der Waals surface area (Å²) in [6.07, 6.45) is 0.551. The highest BCUT2D eigenvalue weighted by molar-refractivity contribution is 6.21. The summed E-state index contributed by atoms with van der Waals surface area (Å²) in [5.74, 6) is -0.452. The lowest BCUT2D eigenvalue weighted by molar-refractivity contribution is 0.0650. The highest BCUT2D eigenvalue weighted by Crippen LogP contribution is 2.24. The molecule has 2 aromatic carbocycles. The van der Waals surface area contributed by atoms with E-state index in [1.54, 1.807) is 24.3 Å². The average Bonchev–Trinajstić information content (AvgIpc) is 2.78. The molecule has 21 heavy (non-hydrogen) atoms. The van der Waals surface area contributed by atoms with Crippen LogP contribution in [-0.4, -0.2) is 23.3 Å². The maximum absolute atomic E-state index is 12.2. The Bertz CT molecular complexity index is 647. The molecule has 2 aromatic rings. The molecule has 2 amide bonds. The van der Waals surface area contributed by atoms with Gasteiger partial charge in [-0.25, -0.2) is 0 Å². The molecule has 0 aromatic heterocycles. The minimum atomic E-state index is -0.226. The van der Waals surface area contributed by atoms with Crippen LogP contribution in [-0.2, 0) is 0 Å². The van der Waals surface area contributed by atoms with Gasteiger partial charge in [0.15, 0.2) is 0 Å². The first kappa shape index (κ1) is 13.5. The predicted molar refractivity (Wildman–Crippen MR) is 79.8 cm³/mol. The second-order valence-corrected chi connectivity index (χ2v) is 5.11. The van der Waals surface area contributed by atoms with Crippen molar-refractivity contribution in [3.05, 3.63) is 71.3 Å². The number of imide groups is 1. The molecule has 2 N–H and O–H groups in total. The zero-order valence-electron chi connectivity index (χ0n) is 11.5. The number of fused-ring (bicyclic) bond motifs is 1. The van der Waals surface area contributed by atoms with E-state index in [0.29, 0.717) is 24.1 Å². The zero-order valence-corrected chi connectivity index (χ0v) is 11.5. The summed E-state index contributed by atoms with van der Waals surface area (Å²) in [5.41, 5.74) is 8.09. The van der Waals surface area contributed by atoms with Crippen molar-refractivity contribution in [2.24, 2.45) is 5.73 Å². The fraction of sp³-hybridized carbons (Fsp3) is 0.176. The van der Waals surface area contributed by atoms with Gasteiger partial charge in [-0.05, 0) is 24.1 Å². The quantitative estimate of drug-likeness (QED) is 0.874. The van der Waals surface area contributed by atoms with Crippen LogP contribution in [0.25, 0.3) is 0 Å². The number of carbonyl (C=O) groups is 2. The Kier molecular flexibility index (Phi) is 3.54. The smallest absolute Gasteiger partial charge is 0.261 e. The molecular formula is C17H16N2O2. The SMILES string of the molecule is N[C@H](CCN1C(=O)c2ccccc2C1=O)c1ccccc1. The van der Waals surface area contributed by atoms with Crippen LogP contribution in [0.3, 0.4) is 0 Å². The first-order valence-electron chi connectivity index (χ1n) is 6.94. The molecule has 0 spiro atoms. The van der Waals surface area contributed by atoms with E-state index in [1.165, 1.54) is 4.90 Å². The van der Waals surface area contributed by atoms with Gasteiger partial charge in [0.2, 0.25) is 0 Å². The van der Waals surface area contributed by atoms with Crippen molar-refractivity contribution in [1.82, 2.24) is 4.90 Å². The number of amides is 2. The van der Waals surface area contributed by atoms with Gasteiger partial charge in [0, 0.05) is 12.6 Å². The highest BCUT2D eigenvalue weighted by atomic mass is 16.2. The summed E-state index contributed by atoms with van der Waals surface area (Å²) in [5, 5.41) is 0. The second-order valence-electron chi connectivity index (χ2n) is 5.11. The van der Waals surface area contributed by atoms with Crippen molar-refractivity contribution < 1.29 is 9.59 Å². The van der Waals surface area contributed by atoms with E-state index in [0.717, 1.165) is 5.56 Å². The van der Waals surface area contributed by atoms with Crippen molar-refractivity contribution in [3.8, 4) is 0 Å². The Morgan fingerprint density at radius 1 is 0.857 bits per heavy atom. The number of benzene rings is 2. The molecule has 0 saturated carbocycles. The maximum Gasteiger partial charge on any atom is 0.261 e. The predicted octanol–water partition coefficient (Wildman–Crippen LogP) is 2.37. The van der Waals surface area contributed by atoms with E-state index in [9.17, 15) is 9.59 Å². The van der Waals surface area contributed by atoms with Gasteiger partial charge in [-0.3, -0.25) is 14.5 Å². The molecule has 1 atom stereocenters. The molecule has 0 saturated heterocycles. The number of carbonyl (C=O) groups excluding carboxylic acids is 2. The summed E-state index contributed by atoms with van der Waals surface area (Å²) >= 11 is 0. The molecule has 0 aliphatic carbocycles. The molecule has 4 nitrogen and oxygen atoms in total. The molecule has 3 rings (SSSR count). The van der Waals surface area contributed by atoms with Gasteiger partial charge < -0.3 is 5.73 Å². The van der Waals surface area contributed by atoms with Crippen LogP contribution in [0.1, 0.15) is 38.7 Å². The van der Waals surface area contributed by atoms with E-state index in [-0.39, 0.29) is 17.9 Å². The minimum Gasteiger partial charge on any atom is -0.324 e. The van der Waals surface area contributed by atoms with Gasteiger partial charge in [0.05, 0.1) is 11.1 Å². The van der Waals surface area contributed by atoms with Crippen molar-refractivity contribution in [1.29, 1.82) is 0 Å². The molecular weight excluding hydrogens is 264 g/mol. The molecule has 0 bridgehead atoms. The van der Waals surface area contributed by atoms with Gasteiger partial charge in [-0.15, -0.1) is 0 Å². The molecule has 0 fully saturated rings. The summed E-state index contributed by atoms with van der Waals surface area (Å²) in [4.78, 5) is 25.7. The zero-order chi connectivity index (χ0) is 14.8. The molecule has 1 aliphatic heterocycles. The summed E-state index contributed by atoms with van der Waals surface area (Å²) in [6.45, 7) is 0.336. The van der Waals surface area contributed by atoms with Crippen molar-refractivity contribution in [2.45, 2.75) is 12.5 Å². The molecule has 4 heteroatoms. The Hall–Kier alpha value is -2.46. The van der Waals surface area contributed by atoms with Gasteiger partial charge in [0.1, 0.15) is 0 Å². The van der Waals surface area contributed by atoms with Gasteiger partial charge in [-0.1, -0.05) is 42.5 Å². The standard InChI is InChI=1S/C17H16N2O2/c18-15(12-6-2-1-3-7-12)10-11-19-16(20)13-8-4-5-9-14(13)17(19)21/h1-9,15H,10-11,18H2/t15-/m1/s1. The third kappa shape index (κ3) is 2.45. The van der Waals surface area contributed by atoms with E-state index < -0.39 is 0 Å². The number of hydrogen-bond donors (Lipinski definition) is 1. The molecule has 0 radical (unpaired) electrons. The first-order valence-corrected chi connectivity index (χ1v) is 6.94. The van der Waals surface area contributed by atoms with Crippen LogP contribution in [0.5, 0.6) is 0 Å². The maximum atomic E-state index is 12.2. The fourth-order valence-electron chi connectivity index (χ4n) is 2.58. The lowest BCUT2D eigenvalue weighted by atomic mass is 10.0. The van der Waals surface area contributed by atoms with E-state index in [2.05, 4.69) is 0 Å². The third-order valence-electron chi connectivity index (χ3n) is 3.77. The van der Waals surface area contributed by atoms with Crippen LogP contribution in [0.4, 0.5) is 0 Å². The Balaban J connectivity index is 1.70. The van der Waals surface area contributed by atoms with Crippen LogP contribution in [0, 0.1) is 0 Å². The monoisotopic (exact) mass is 280 g/mol. The summed E-state index contributed by atoms with van der Waals surface area (Å²) in [6, 6.07) is 16.4. The van der Waals surface area contributed by atoms with Crippen molar-refractivity contribution >= 4 is 11.8 Å². The number of nitrogens with two attached hydrogens (primary N) is 1. The van der Waals surface area contributed by atoms with E-state index in [4.69, 9.17) is 5.73 Å². The van der Waals surface area contributed by atoms with Gasteiger partial charge in [-0.2, -0.15) is 0 Å². The first-order chi connectivity index (χ1) is 10.2. The van der Waals surface area contributed by atoms with Gasteiger partial charge in [0.25, 0.3) is 11.8 Å². The van der Waals surface area contributed by atoms with Crippen molar-refractivity contribution in [2.75, 3.05) is 6.54 Å². The fourth-order valence-corrected chi connectivity index (χ4v) is 2.58. The Labute approximate surface area is 123 Å². The average molecular weight is 280 g/mol. The molecule has 0 unspecified atom stereocenters. The minimum absolute atomic E-state index is 0.185. The second kappa shape index (κ2) is 5.50. The number of rotatable bonds is 4. The van der Waals surface area contributed by atoms with E-state index in [1.807, 2.05) is 30.3 Å². The normalized spacial score (nSPS) is 15.2. The lowest BCUT2D eigenvalue weighted by Gasteiger charge is -2.17. The highest BCUT2D eigenvalue weighted by Gasteiger charge is 2.34. The Morgan fingerprint density at radius 3 is 1.95 bits per heavy atom. The topological polar surface area (TPSA) is 63.4 Å². The van der Waals surface area contributed by atoms with E-state index >= 15 is 0 Å². The number of hydrogen-bond acceptors (Lipinski definition) is 3. The van der Waals surface area contributed by atoms with Crippen LogP contribution in [0.15, 0.2) is 54.6 Å². The Morgan fingerprint density at radius 2 is 1.38 bits per heavy atom. The van der Waals surface area contributed by atoms with Crippen LogP contribution in [0.2, 0.25) is 0 Å². The molecule has 106 valence electrons. The summed E-state index contributed by atoms with van der Waals surface area (Å²) < 4.78 is 0. The molecule has 1 heterocycles. The summed E-state index contributed by atoms with van der Waals surface area (Å²) in [7, 11) is 0. The largest absolute Gasteiger partial charge is 0.324 e. The van der Waals surface area contributed by atoms with Crippen molar-refractivity contribution in [3.63, 3.8) is 0 Å². The van der Waals surface area contributed by atoms with Crippen LogP contribution >= 0.6 is 0 Å². The number of nitrogens with zero attached hydrogens (tertiary/aromatic N) is 1.